The Bertz CT molecular complexity index is 914. The largest absolute Gasteiger partial charge is 0.489 e. The van der Waals surface area contributed by atoms with Crippen LogP contribution in [-0.2, 0) is 11.4 Å². The van der Waals surface area contributed by atoms with E-state index in [1.807, 2.05) is 6.07 Å². The van der Waals surface area contributed by atoms with Gasteiger partial charge in [0, 0.05) is 57.3 Å². The molecule has 184 valence electrons. The maximum atomic E-state index is 12.7. The Morgan fingerprint density at radius 2 is 1.68 bits per heavy atom. The SMILES string of the molecule is Cl.O=C(CN1CCNCC1)N1CCC(NC2CC2c2ccccc2OCc2ccccc2)CC1. The molecule has 2 N–H and O–H groups in total. The molecule has 7 heteroatoms. The molecule has 0 spiro atoms. The zero-order valence-corrected chi connectivity index (χ0v) is 20.6. The lowest BCUT2D eigenvalue weighted by atomic mass is 10.0. The monoisotopic (exact) mass is 484 g/mol. The van der Waals surface area contributed by atoms with Gasteiger partial charge in [-0.15, -0.1) is 12.4 Å². The Kier molecular flexibility index (Phi) is 8.84. The Morgan fingerprint density at radius 3 is 2.44 bits per heavy atom. The number of piperidine rings is 1. The maximum Gasteiger partial charge on any atom is 0.236 e. The molecule has 2 aliphatic heterocycles. The molecule has 6 nitrogen and oxygen atoms in total. The minimum Gasteiger partial charge on any atom is -0.489 e. The summed E-state index contributed by atoms with van der Waals surface area (Å²) in [5, 5.41) is 7.22. The van der Waals surface area contributed by atoms with Crippen molar-refractivity contribution in [3.05, 3.63) is 65.7 Å². The quantitative estimate of drug-likeness (QED) is 0.603. The molecular formula is C27H37ClN4O2. The van der Waals surface area contributed by atoms with Gasteiger partial charge in [0.05, 0.1) is 6.54 Å². The summed E-state index contributed by atoms with van der Waals surface area (Å²) in [6, 6.07) is 19.8. The molecule has 1 amide bonds. The molecule has 2 unspecified atom stereocenters. The second-order valence-corrected chi connectivity index (χ2v) is 9.61. The first-order valence-electron chi connectivity index (χ1n) is 12.5. The topological polar surface area (TPSA) is 56.8 Å². The van der Waals surface area contributed by atoms with Gasteiger partial charge in [0.15, 0.2) is 0 Å². The van der Waals surface area contributed by atoms with Gasteiger partial charge in [-0.05, 0) is 36.5 Å². The van der Waals surface area contributed by atoms with E-state index in [0.29, 0.717) is 37.1 Å². The number of benzene rings is 2. The summed E-state index contributed by atoms with van der Waals surface area (Å²) in [6.45, 7) is 6.85. The lowest BCUT2D eigenvalue weighted by Gasteiger charge is -2.35. The van der Waals surface area contributed by atoms with Gasteiger partial charge in [-0.1, -0.05) is 48.5 Å². The van der Waals surface area contributed by atoms with E-state index in [0.717, 1.165) is 64.3 Å². The fraction of sp³-hybridized carbons (Fsp3) is 0.519. The molecule has 3 aliphatic rings. The highest BCUT2D eigenvalue weighted by Crippen LogP contribution is 2.45. The van der Waals surface area contributed by atoms with Crippen LogP contribution in [0, 0.1) is 0 Å². The number of carbonyl (C=O) groups excluding carboxylic acids is 1. The first-order chi connectivity index (χ1) is 16.3. The van der Waals surface area contributed by atoms with Gasteiger partial charge >= 0.3 is 0 Å². The van der Waals surface area contributed by atoms with Crippen LogP contribution in [0.4, 0.5) is 0 Å². The number of hydrogen-bond donors (Lipinski definition) is 2. The average Bonchev–Trinajstić information content (AvgIpc) is 3.63. The minimum absolute atomic E-state index is 0. The molecule has 1 saturated carbocycles. The number of para-hydroxylation sites is 1. The number of nitrogens with zero attached hydrogens (tertiary/aromatic N) is 2. The number of likely N-dealkylation sites (tertiary alicyclic amines) is 1. The summed E-state index contributed by atoms with van der Waals surface area (Å²) in [4.78, 5) is 17.0. The lowest BCUT2D eigenvalue weighted by molar-refractivity contribution is -0.133. The molecule has 34 heavy (non-hydrogen) atoms. The second kappa shape index (κ2) is 12.0. The molecule has 0 aromatic heterocycles. The zero-order valence-electron chi connectivity index (χ0n) is 19.8. The first kappa shape index (κ1) is 25.0. The van der Waals surface area contributed by atoms with Gasteiger partial charge in [0.25, 0.3) is 0 Å². The number of nitrogens with one attached hydrogen (secondary N) is 2. The molecule has 2 saturated heterocycles. The van der Waals surface area contributed by atoms with Crippen LogP contribution < -0.4 is 15.4 Å². The van der Waals surface area contributed by atoms with E-state index in [4.69, 9.17) is 4.74 Å². The zero-order chi connectivity index (χ0) is 22.5. The van der Waals surface area contributed by atoms with Crippen LogP contribution in [0.15, 0.2) is 54.6 Å². The highest BCUT2D eigenvalue weighted by Gasteiger charge is 2.41. The molecule has 1 aliphatic carbocycles. The van der Waals surface area contributed by atoms with Crippen LogP contribution in [0.2, 0.25) is 0 Å². The van der Waals surface area contributed by atoms with Crippen LogP contribution in [0.1, 0.15) is 36.3 Å². The fourth-order valence-electron chi connectivity index (χ4n) is 5.14. The standard InChI is InChI=1S/C27H36N4O2.ClH/c32-27(19-30-16-12-28-13-17-30)31-14-10-22(11-15-31)29-25-18-24(25)23-8-4-5-9-26(23)33-20-21-6-2-1-3-7-21;/h1-9,22,24-25,28-29H,10-20H2;1H. The molecule has 2 aromatic rings. The van der Waals surface area contributed by atoms with E-state index in [-0.39, 0.29) is 12.4 Å². The van der Waals surface area contributed by atoms with E-state index >= 15 is 0 Å². The Balaban J connectivity index is 0.00000274. The summed E-state index contributed by atoms with van der Waals surface area (Å²) < 4.78 is 6.19. The Morgan fingerprint density at radius 1 is 0.971 bits per heavy atom. The van der Waals surface area contributed by atoms with Crippen LogP contribution in [-0.4, -0.2) is 73.6 Å². The van der Waals surface area contributed by atoms with Crippen molar-refractivity contribution in [1.29, 1.82) is 0 Å². The number of ether oxygens (including phenoxy) is 1. The molecule has 0 bridgehead atoms. The highest BCUT2D eigenvalue weighted by atomic mass is 35.5. The molecule has 2 aromatic carbocycles. The van der Waals surface area contributed by atoms with Crippen LogP contribution in [0.25, 0.3) is 0 Å². The predicted octanol–water partition coefficient (Wildman–Crippen LogP) is 3.03. The van der Waals surface area contributed by atoms with E-state index in [1.165, 1.54) is 11.1 Å². The number of rotatable bonds is 8. The smallest absolute Gasteiger partial charge is 0.236 e. The third-order valence-corrected chi connectivity index (χ3v) is 7.21. The van der Waals surface area contributed by atoms with Gasteiger partial charge in [0.1, 0.15) is 12.4 Å². The Hall–Kier alpha value is -2.12. The van der Waals surface area contributed by atoms with Crippen molar-refractivity contribution in [2.75, 3.05) is 45.8 Å². The van der Waals surface area contributed by atoms with Crippen LogP contribution >= 0.6 is 12.4 Å². The maximum absolute atomic E-state index is 12.7. The van der Waals surface area contributed by atoms with Crippen molar-refractivity contribution in [3.8, 4) is 5.75 Å². The van der Waals surface area contributed by atoms with E-state index < -0.39 is 0 Å². The van der Waals surface area contributed by atoms with Crippen molar-refractivity contribution in [3.63, 3.8) is 0 Å². The molecule has 2 atom stereocenters. The summed E-state index contributed by atoms with van der Waals surface area (Å²) in [5.41, 5.74) is 2.51. The van der Waals surface area contributed by atoms with Crippen molar-refractivity contribution in [2.24, 2.45) is 0 Å². The number of hydrogen-bond acceptors (Lipinski definition) is 5. The summed E-state index contributed by atoms with van der Waals surface area (Å²) in [5.74, 6) is 1.82. The summed E-state index contributed by atoms with van der Waals surface area (Å²) in [6.07, 6.45) is 3.25. The van der Waals surface area contributed by atoms with Crippen LogP contribution in [0.5, 0.6) is 5.75 Å². The molecule has 5 rings (SSSR count). The van der Waals surface area contributed by atoms with Crippen molar-refractivity contribution in [2.45, 2.75) is 43.9 Å². The predicted molar refractivity (Wildman–Crippen MR) is 138 cm³/mol. The summed E-state index contributed by atoms with van der Waals surface area (Å²) >= 11 is 0. The summed E-state index contributed by atoms with van der Waals surface area (Å²) in [7, 11) is 0. The average molecular weight is 485 g/mol. The van der Waals surface area contributed by atoms with Crippen molar-refractivity contribution >= 4 is 18.3 Å². The lowest BCUT2D eigenvalue weighted by Crippen LogP contribution is -2.51. The van der Waals surface area contributed by atoms with E-state index in [1.54, 1.807) is 0 Å². The van der Waals surface area contributed by atoms with Crippen molar-refractivity contribution in [1.82, 2.24) is 20.4 Å². The number of piperazine rings is 1. The van der Waals surface area contributed by atoms with Crippen molar-refractivity contribution < 1.29 is 9.53 Å². The van der Waals surface area contributed by atoms with Gasteiger partial charge < -0.3 is 20.3 Å². The van der Waals surface area contributed by atoms with Gasteiger partial charge in [-0.25, -0.2) is 0 Å². The minimum atomic E-state index is 0. The first-order valence-corrected chi connectivity index (χ1v) is 12.5. The van der Waals surface area contributed by atoms with Gasteiger partial charge in [-0.2, -0.15) is 0 Å². The third kappa shape index (κ3) is 6.51. The highest BCUT2D eigenvalue weighted by molar-refractivity contribution is 5.85. The molecule has 3 fully saturated rings. The fourth-order valence-corrected chi connectivity index (χ4v) is 5.14. The third-order valence-electron chi connectivity index (χ3n) is 7.21. The number of amides is 1. The normalized spacial score (nSPS) is 23.2. The second-order valence-electron chi connectivity index (χ2n) is 9.61. The molecular weight excluding hydrogens is 448 g/mol. The van der Waals surface area contributed by atoms with Crippen LogP contribution in [0.3, 0.4) is 0 Å². The molecule has 2 heterocycles. The van der Waals surface area contributed by atoms with E-state index in [2.05, 4.69) is 69.0 Å². The van der Waals surface area contributed by atoms with Gasteiger partial charge in [-0.3, -0.25) is 9.69 Å². The number of carbonyl (C=O) groups is 1. The van der Waals surface area contributed by atoms with E-state index in [9.17, 15) is 4.79 Å². The van der Waals surface area contributed by atoms with Gasteiger partial charge in [0.2, 0.25) is 5.91 Å². The Labute approximate surface area is 209 Å². The molecule has 0 radical (unpaired) electrons. The number of halogens is 1.